The Morgan fingerprint density at radius 2 is 2.21 bits per heavy atom. The monoisotopic (exact) mass is 289 g/mol. The Morgan fingerprint density at radius 1 is 1.26 bits per heavy atom. The Kier molecular flexibility index (Phi) is 3.48. The van der Waals surface area contributed by atoms with Crippen molar-refractivity contribution in [2.45, 2.75) is 6.04 Å². The molecule has 5 heteroatoms. The molecule has 0 aliphatic carbocycles. The summed E-state index contributed by atoms with van der Waals surface area (Å²) in [4.78, 5) is 13.3. The minimum atomic E-state index is -0.127. The lowest BCUT2D eigenvalue weighted by molar-refractivity contribution is 0.0943. The highest BCUT2D eigenvalue weighted by Gasteiger charge is 2.19. The van der Waals surface area contributed by atoms with Gasteiger partial charge in [-0.05, 0) is 39.9 Å². The molecule has 0 saturated carbocycles. The van der Waals surface area contributed by atoms with Crippen molar-refractivity contribution >= 4 is 28.6 Å². The Balaban J connectivity index is 1.87. The number of furan rings is 1. The van der Waals surface area contributed by atoms with Crippen molar-refractivity contribution < 1.29 is 9.21 Å². The fourth-order valence-electron chi connectivity index (χ4n) is 1.82. The van der Waals surface area contributed by atoms with Gasteiger partial charge >= 0.3 is 0 Å². The zero-order valence-corrected chi connectivity index (χ0v) is 11.5. The number of carbonyl (C=O) groups excluding carboxylic acids is 1. The topological polar surface area (TPSA) is 42.2 Å². The molecule has 0 aliphatic rings. The Morgan fingerprint density at radius 3 is 2.84 bits per heavy atom. The lowest BCUT2D eigenvalue weighted by Crippen LogP contribution is -2.28. The second-order valence-corrected chi connectivity index (χ2v) is 5.75. The molecule has 96 valence electrons. The molecule has 1 N–H and O–H groups in total. The van der Waals surface area contributed by atoms with Crippen LogP contribution in [0.4, 0.5) is 0 Å². The van der Waals surface area contributed by atoms with Crippen LogP contribution < -0.4 is 5.32 Å². The van der Waals surface area contributed by atoms with E-state index in [4.69, 9.17) is 4.42 Å². The van der Waals surface area contributed by atoms with Crippen LogP contribution in [0.25, 0.3) is 0 Å². The molecule has 19 heavy (non-hydrogen) atoms. The van der Waals surface area contributed by atoms with E-state index in [-0.39, 0.29) is 11.9 Å². The van der Waals surface area contributed by atoms with Crippen molar-refractivity contribution in [2.24, 2.45) is 0 Å². The Bertz CT molecular complexity index is 593. The van der Waals surface area contributed by atoms with Crippen molar-refractivity contribution in [3.05, 3.63) is 68.9 Å². The van der Waals surface area contributed by atoms with Crippen LogP contribution in [0.15, 0.2) is 57.3 Å². The van der Waals surface area contributed by atoms with Gasteiger partial charge in [0, 0.05) is 4.88 Å². The largest absolute Gasteiger partial charge is 0.472 e. The van der Waals surface area contributed by atoms with Crippen LogP contribution in [0.2, 0.25) is 0 Å². The summed E-state index contributed by atoms with van der Waals surface area (Å²) in [6.45, 7) is 0. The molecule has 0 aromatic carbocycles. The molecule has 0 spiro atoms. The molecular formula is C14H11NO2S2. The molecule has 3 heterocycles. The molecule has 3 rings (SSSR count). The van der Waals surface area contributed by atoms with Crippen LogP contribution in [0.1, 0.15) is 26.8 Å². The predicted molar refractivity (Wildman–Crippen MR) is 76.7 cm³/mol. The minimum Gasteiger partial charge on any atom is -0.472 e. The second kappa shape index (κ2) is 5.42. The number of thiophene rings is 2. The van der Waals surface area contributed by atoms with Crippen LogP contribution >= 0.6 is 22.7 Å². The van der Waals surface area contributed by atoms with Gasteiger partial charge in [0.05, 0.1) is 17.9 Å². The van der Waals surface area contributed by atoms with Gasteiger partial charge in [0.2, 0.25) is 0 Å². The maximum atomic E-state index is 12.1. The Hall–Kier alpha value is -1.85. The van der Waals surface area contributed by atoms with Crippen LogP contribution in [-0.4, -0.2) is 5.91 Å². The zero-order valence-electron chi connectivity index (χ0n) is 9.91. The van der Waals surface area contributed by atoms with E-state index in [2.05, 4.69) is 10.7 Å². The third kappa shape index (κ3) is 2.62. The van der Waals surface area contributed by atoms with E-state index in [1.165, 1.54) is 12.5 Å². The number of carbonyl (C=O) groups is 1. The van der Waals surface area contributed by atoms with E-state index in [0.29, 0.717) is 5.56 Å². The maximum absolute atomic E-state index is 12.1. The molecular weight excluding hydrogens is 278 g/mol. The van der Waals surface area contributed by atoms with Crippen LogP contribution in [0.3, 0.4) is 0 Å². The predicted octanol–water partition coefficient (Wildman–Crippen LogP) is 3.92. The zero-order chi connectivity index (χ0) is 13.1. The van der Waals surface area contributed by atoms with Gasteiger partial charge in [0.25, 0.3) is 5.91 Å². The van der Waals surface area contributed by atoms with Gasteiger partial charge in [-0.3, -0.25) is 4.79 Å². The summed E-state index contributed by atoms with van der Waals surface area (Å²) in [5.41, 5.74) is 1.64. The first-order valence-electron chi connectivity index (χ1n) is 5.73. The van der Waals surface area contributed by atoms with Crippen LogP contribution in [-0.2, 0) is 0 Å². The molecule has 1 atom stereocenters. The summed E-state index contributed by atoms with van der Waals surface area (Å²) in [6.07, 6.45) is 2.95. The molecule has 0 aliphatic heterocycles. The molecule has 3 aromatic heterocycles. The van der Waals surface area contributed by atoms with Crippen molar-refractivity contribution in [3.8, 4) is 0 Å². The molecule has 0 saturated heterocycles. The number of amides is 1. The number of hydrogen-bond donors (Lipinski definition) is 1. The summed E-state index contributed by atoms with van der Waals surface area (Å²) >= 11 is 3.26. The quantitative estimate of drug-likeness (QED) is 0.791. The standard InChI is InChI=1S/C14H11NO2S2/c16-14(10-3-5-17-8-10)15-13(11-4-7-18-9-11)12-2-1-6-19-12/h1-9,13H,(H,15,16)/t13-/m1/s1. The van der Waals surface area contributed by atoms with Crippen molar-refractivity contribution in [1.29, 1.82) is 0 Å². The fourth-order valence-corrected chi connectivity index (χ4v) is 3.31. The average Bonchev–Trinajstić information content (AvgIpc) is 3.17. The summed E-state index contributed by atoms with van der Waals surface area (Å²) in [6, 6.07) is 7.61. The van der Waals surface area contributed by atoms with E-state index in [1.54, 1.807) is 28.7 Å². The fraction of sp³-hybridized carbons (Fsp3) is 0.0714. The van der Waals surface area contributed by atoms with E-state index in [9.17, 15) is 4.79 Å². The Labute approximate surface area is 118 Å². The van der Waals surface area contributed by atoms with Gasteiger partial charge in [-0.1, -0.05) is 6.07 Å². The normalized spacial score (nSPS) is 12.2. The van der Waals surface area contributed by atoms with Crippen LogP contribution in [0.5, 0.6) is 0 Å². The molecule has 0 bridgehead atoms. The summed E-state index contributed by atoms with van der Waals surface area (Å²) in [7, 11) is 0. The van der Waals surface area contributed by atoms with Gasteiger partial charge in [-0.2, -0.15) is 11.3 Å². The summed E-state index contributed by atoms with van der Waals surface area (Å²) in [5, 5.41) is 9.12. The first-order chi connectivity index (χ1) is 9.34. The first kappa shape index (κ1) is 12.2. The minimum absolute atomic E-state index is 0.103. The van der Waals surface area contributed by atoms with Crippen LogP contribution in [0, 0.1) is 0 Å². The highest BCUT2D eigenvalue weighted by atomic mass is 32.1. The molecule has 3 aromatic rings. The van der Waals surface area contributed by atoms with Gasteiger partial charge in [-0.15, -0.1) is 11.3 Å². The van der Waals surface area contributed by atoms with Gasteiger partial charge in [-0.25, -0.2) is 0 Å². The molecule has 0 fully saturated rings. The first-order valence-corrected chi connectivity index (χ1v) is 7.55. The van der Waals surface area contributed by atoms with Crippen molar-refractivity contribution in [1.82, 2.24) is 5.32 Å². The third-order valence-corrected chi connectivity index (χ3v) is 4.40. The van der Waals surface area contributed by atoms with E-state index in [0.717, 1.165) is 10.4 Å². The SMILES string of the molecule is O=C(N[C@H](c1ccsc1)c1cccs1)c1ccoc1. The third-order valence-electron chi connectivity index (χ3n) is 2.76. The van der Waals surface area contributed by atoms with Crippen molar-refractivity contribution in [3.63, 3.8) is 0 Å². The smallest absolute Gasteiger partial charge is 0.255 e. The maximum Gasteiger partial charge on any atom is 0.255 e. The van der Waals surface area contributed by atoms with Gasteiger partial charge < -0.3 is 9.73 Å². The molecule has 0 radical (unpaired) electrons. The highest BCUT2D eigenvalue weighted by Crippen LogP contribution is 2.27. The number of hydrogen-bond acceptors (Lipinski definition) is 4. The summed E-state index contributed by atoms with van der Waals surface area (Å²) < 4.78 is 4.94. The van der Waals surface area contributed by atoms with Crippen molar-refractivity contribution in [2.75, 3.05) is 0 Å². The lowest BCUT2D eigenvalue weighted by atomic mass is 10.1. The molecule has 0 unspecified atom stereocenters. The molecule has 3 nitrogen and oxygen atoms in total. The van der Waals surface area contributed by atoms with E-state index >= 15 is 0 Å². The highest BCUT2D eigenvalue weighted by molar-refractivity contribution is 7.10. The van der Waals surface area contributed by atoms with E-state index < -0.39 is 0 Å². The second-order valence-electron chi connectivity index (χ2n) is 3.99. The summed E-state index contributed by atoms with van der Waals surface area (Å²) in [5.74, 6) is -0.127. The number of nitrogens with one attached hydrogen (secondary N) is 1. The van der Waals surface area contributed by atoms with E-state index in [1.807, 2.05) is 29.0 Å². The lowest BCUT2D eigenvalue weighted by Gasteiger charge is -2.16. The average molecular weight is 289 g/mol. The number of rotatable bonds is 4. The van der Waals surface area contributed by atoms with Gasteiger partial charge in [0.1, 0.15) is 6.26 Å². The molecule has 1 amide bonds. The van der Waals surface area contributed by atoms with Gasteiger partial charge in [0.15, 0.2) is 0 Å².